The Kier molecular flexibility index (Phi) is 5.76. The molecule has 2 aromatic rings. The van der Waals surface area contributed by atoms with Gasteiger partial charge in [-0.1, -0.05) is 19.1 Å². The monoisotopic (exact) mass is 293 g/mol. The van der Waals surface area contributed by atoms with Crippen molar-refractivity contribution in [1.82, 2.24) is 5.32 Å². The molecule has 1 aromatic carbocycles. The molecule has 0 saturated heterocycles. The van der Waals surface area contributed by atoms with Crippen LogP contribution in [0, 0.1) is 0 Å². The van der Waals surface area contributed by atoms with Gasteiger partial charge in [0.1, 0.15) is 5.75 Å². The van der Waals surface area contributed by atoms with Gasteiger partial charge >= 0.3 is 0 Å². The summed E-state index contributed by atoms with van der Waals surface area (Å²) in [5, 5.41) is 6.15. The molecule has 0 aliphatic heterocycles. The minimum Gasteiger partial charge on any atom is -0.497 e. The fourth-order valence-electron chi connectivity index (χ4n) is 1.76. The molecule has 1 unspecified atom stereocenters. The van der Waals surface area contributed by atoms with E-state index < -0.39 is 0 Å². The maximum absolute atomic E-state index is 5.24. The van der Waals surface area contributed by atoms with Crippen LogP contribution in [-0.2, 0) is 6.54 Å². The molecule has 19 heavy (non-hydrogen) atoms. The predicted molar refractivity (Wildman–Crippen MR) is 84.3 cm³/mol. The van der Waals surface area contributed by atoms with Crippen molar-refractivity contribution < 1.29 is 4.74 Å². The van der Waals surface area contributed by atoms with Gasteiger partial charge in [0.2, 0.25) is 0 Å². The van der Waals surface area contributed by atoms with Gasteiger partial charge in [0.05, 0.1) is 7.11 Å². The molecule has 0 aliphatic rings. The number of methoxy groups -OCH3 is 1. The van der Waals surface area contributed by atoms with Crippen molar-refractivity contribution in [3.63, 3.8) is 0 Å². The molecule has 0 aliphatic carbocycles. The van der Waals surface area contributed by atoms with E-state index in [-0.39, 0.29) is 0 Å². The molecule has 1 heterocycles. The topological polar surface area (TPSA) is 21.3 Å². The number of hydrogen-bond acceptors (Lipinski definition) is 4. The SMILES string of the molecule is COc1cccc(SC(C)CNCc2cccs2)c1. The van der Waals surface area contributed by atoms with Gasteiger partial charge in [-0.3, -0.25) is 0 Å². The van der Waals surface area contributed by atoms with E-state index >= 15 is 0 Å². The molecule has 0 amide bonds. The second kappa shape index (κ2) is 7.58. The summed E-state index contributed by atoms with van der Waals surface area (Å²) in [5.41, 5.74) is 0. The predicted octanol–water partition coefficient (Wildman–Crippen LogP) is 4.03. The van der Waals surface area contributed by atoms with E-state index in [1.165, 1.54) is 9.77 Å². The Morgan fingerprint density at radius 2 is 2.21 bits per heavy atom. The second-order valence-corrected chi connectivity index (χ2v) is 6.86. The van der Waals surface area contributed by atoms with Crippen molar-refractivity contribution in [2.24, 2.45) is 0 Å². The van der Waals surface area contributed by atoms with E-state index in [2.05, 4.69) is 41.9 Å². The highest BCUT2D eigenvalue weighted by atomic mass is 32.2. The number of nitrogens with one attached hydrogen (secondary N) is 1. The molecule has 0 fully saturated rings. The summed E-state index contributed by atoms with van der Waals surface area (Å²) < 4.78 is 5.24. The number of thiophene rings is 1. The summed E-state index contributed by atoms with van der Waals surface area (Å²) in [6.45, 7) is 4.20. The van der Waals surface area contributed by atoms with Gasteiger partial charge in [0, 0.05) is 28.1 Å². The van der Waals surface area contributed by atoms with E-state index in [1.807, 2.05) is 23.9 Å². The molecule has 0 bridgehead atoms. The molecule has 1 N–H and O–H groups in total. The smallest absolute Gasteiger partial charge is 0.119 e. The van der Waals surface area contributed by atoms with Crippen LogP contribution in [0.5, 0.6) is 5.75 Å². The molecule has 2 rings (SSSR count). The molecular weight excluding hydrogens is 274 g/mol. The lowest BCUT2D eigenvalue weighted by Gasteiger charge is -2.12. The van der Waals surface area contributed by atoms with Crippen molar-refractivity contribution in [2.45, 2.75) is 23.6 Å². The van der Waals surface area contributed by atoms with Gasteiger partial charge in [0.25, 0.3) is 0 Å². The first-order chi connectivity index (χ1) is 9.28. The Morgan fingerprint density at radius 3 is 2.95 bits per heavy atom. The zero-order chi connectivity index (χ0) is 13.5. The Labute approximate surface area is 123 Å². The third kappa shape index (κ3) is 4.90. The Morgan fingerprint density at radius 1 is 1.32 bits per heavy atom. The lowest BCUT2D eigenvalue weighted by atomic mass is 10.3. The highest BCUT2D eigenvalue weighted by Gasteiger charge is 2.05. The normalized spacial score (nSPS) is 12.3. The van der Waals surface area contributed by atoms with Gasteiger partial charge in [-0.05, 0) is 29.6 Å². The van der Waals surface area contributed by atoms with E-state index in [0.717, 1.165) is 18.8 Å². The average Bonchev–Trinajstić information content (AvgIpc) is 2.92. The van der Waals surface area contributed by atoms with E-state index in [1.54, 1.807) is 18.4 Å². The molecular formula is C15H19NOS2. The molecule has 4 heteroatoms. The van der Waals surface area contributed by atoms with Crippen molar-refractivity contribution in [2.75, 3.05) is 13.7 Å². The molecule has 102 valence electrons. The zero-order valence-corrected chi connectivity index (χ0v) is 12.9. The van der Waals surface area contributed by atoms with Crippen LogP contribution < -0.4 is 10.1 Å². The molecule has 0 saturated carbocycles. The third-order valence-electron chi connectivity index (χ3n) is 2.69. The first kappa shape index (κ1) is 14.4. The number of benzene rings is 1. The number of thioether (sulfide) groups is 1. The van der Waals surface area contributed by atoms with E-state index in [4.69, 9.17) is 4.74 Å². The van der Waals surface area contributed by atoms with Crippen molar-refractivity contribution in [3.8, 4) is 5.75 Å². The lowest BCUT2D eigenvalue weighted by molar-refractivity contribution is 0.413. The van der Waals surface area contributed by atoms with Crippen LogP contribution in [0.3, 0.4) is 0 Å². The van der Waals surface area contributed by atoms with Gasteiger partial charge in [-0.2, -0.15) is 0 Å². The van der Waals surface area contributed by atoms with Gasteiger partial charge in [-0.15, -0.1) is 23.1 Å². The summed E-state index contributed by atoms with van der Waals surface area (Å²) in [6, 6.07) is 12.5. The minimum atomic E-state index is 0.534. The van der Waals surface area contributed by atoms with Crippen LogP contribution in [0.2, 0.25) is 0 Å². The van der Waals surface area contributed by atoms with Crippen LogP contribution in [0.25, 0.3) is 0 Å². The number of hydrogen-bond donors (Lipinski definition) is 1. The summed E-state index contributed by atoms with van der Waals surface area (Å²) >= 11 is 3.67. The largest absolute Gasteiger partial charge is 0.497 e. The van der Waals surface area contributed by atoms with Gasteiger partial charge in [-0.25, -0.2) is 0 Å². The Balaban J connectivity index is 1.75. The summed E-state index contributed by atoms with van der Waals surface area (Å²) in [7, 11) is 1.70. The molecule has 1 atom stereocenters. The van der Waals surface area contributed by atoms with E-state index in [0.29, 0.717) is 5.25 Å². The number of rotatable bonds is 7. The first-order valence-corrected chi connectivity index (χ1v) is 8.07. The highest BCUT2D eigenvalue weighted by molar-refractivity contribution is 8.00. The summed E-state index contributed by atoms with van der Waals surface area (Å²) in [5.74, 6) is 0.920. The maximum atomic E-state index is 5.24. The highest BCUT2D eigenvalue weighted by Crippen LogP contribution is 2.26. The fraction of sp³-hybridized carbons (Fsp3) is 0.333. The first-order valence-electron chi connectivity index (χ1n) is 6.31. The van der Waals surface area contributed by atoms with Crippen LogP contribution in [0.15, 0.2) is 46.7 Å². The average molecular weight is 293 g/mol. The van der Waals surface area contributed by atoms with Crippen LogP contribution in [0.1, 0.15) is 11.8 Å². The molecule has 0 radical (unpaired) electrons. The zero-order valence-electron chi connectivity index (χ0n) is 11.3. The standard InChI is InChI=1S/C15H19NOS2/c1-12(10-16-11-15-7-4-8-18-15)19-14-6-3-5-13(9-14)17-2/h3-9,12,16H,10-11H2,1-2H3. The second-order valence-electron chi connectivity index (χ2n) is 4.32. The fourth-order valence-corrected chi connectivity index (χ4v) is 3.44. The summed E-state index contributed by atoms with van der Waals surface area (Å²) in [6.07, 6.45) is 0. The Hall–Kier alpha value is -0.970. The number of ether oxygens (including phenoxy) is 1. The lowest BCUT2D eigenvalue weighted by Crippen LogP contribution is -2.21. The van der Waals surface area contributed by atoms with Gasteiger partial charge < -0.3 is 10.1 Å². The van der Waals surface area contributed by atoms with Crippen LogP contribution >= 0.6 is 23.1 Å². The van der Waals surface area contributed by atoms with E-state index in [9.17, 15) is 0 Å². The molecule has 2 nitrogen and oxygen atoms in total. The molecule has 0 spiro atoms. The molecule has 1 aromatic heterocycles. The van der Waals surface area contributed by atoms with Crippen molar-refractivity contribution in [3.05, 3.63) is 46.7 Å². The summed E-state index contributed by atoms with van der Waals surface area (Å²) in [4.78, 5) is 2.64. The Bertz CT molecular complexity index is 485. The third-order valence-corrected chi connectivity index (χ3v) is 4.66. The minimum absolute atomic E-state index is 0.534. The van der Waals surface area contributed by atoms with Crippen molar-refractivity contribution in [1.29, 1.82) is 0 Å². The maximum Gasteiger partial charge on any atom is 0.119 e. The van der Waals surface area contributed by atoms with Crippen LogP contribution in [-0.4, -0.2) is 18.9 Å². The van der Waals surface area contributed by atoms with Gasteiger partial charge in [0.15, 0.2) is 0 Å². The van der Waals surface area contributed by atoms with Crippen LogP contribution in [0.4, 0.5) is 0 Å². The van der Waals surface area contributed by atoms with Crippen molar-refractivity contribution >= 4 is 23.1 Å². The quantitative estimate of drug-likeness (QED) is 0.779.